The molecule has 5 rings (SSSR count). The maximum atomic E-state index is 13.9. The Morgan fingerprint density at radius 3 is 2.46 bits per heavy atom. The van der Waals surface area contributed by atoms with Gasteiger partial charge in [-0.3, -0.25) is 19.5 Å². The van der Waals surface area contributed by atoms with Gasteiger partial charge in [-0.2, -0.15) is 5.10 Å². The zero-order valence-electron chi connectivity index (χ0n) is 23.2. The Morgan fingerprint density at radius 1 is 1.05 bits per heavy atom. The fourth-order valence-corrected chi connectivity index (χ4v) is 5.42. The summed E-state index contributed by atoms with van der Waals surface area (Å²) < 4.78 is 6.82. The highest BCUT2D eigenvalue weighted by Crippen LogP contribution is 2.33. The van der Waals surface area contributed by atoms with E-state index in [1.807, 2.05) is 33.0 Å². The lowest BCUT2D eigenvalue weighted by Crippen LogP contribution is -2.59. The molecule has 0 unspecified atom stereocenters. The number of amides is 2. The molecule has 2 aromatic heterocycles. The van der Waals surface area contributed by atoms with Crippen LogP contribution in [0.3, 0.4) is 0 Å². The Kier molecular flexibility index (Phi) is 7.42. The minimum Gasteiger partial charge on any atom is -0.444 e. The van der Waals surface area contributed by atoms with Crippen LogP contribution in [0.5, 0.6) is 0 Å². The van der Waals surface area contributed by atoms with E-state index < -0.39 is 17.7 Å². The first-order valence-electron chi connectivity index (χ1n) is 13.8. The molecular formula is C30H37N5O4. The monoisotopic (exact) mass is 531 g/mol. The molecule has 2 aliphatic rings. The Morgan fingerprint density at radius 2 is 1.82 bits per heavy atom. The molecule has 39 heavy (non-hydrogen) atoms. The molecule has 206 valence electrons. The van der Waals surface area contributed by atoms with E-state index in [-0.39, 0.29) is 18.0 Å². The summed E-state index contributed by atoms with van der Waals surface area (Å²) in [5, 5.41) is 5.31. The van der Waals surface area contributed by atoms with Crippen LogP contribution in [-0.2, 0) is 23.1 Å². The molecule has 0 spiro atoms. The first-order chi connectivity index (χ1) is 18.6. The number of nitrogens with zero attached hydrogens (tertiary/aromatic N) is 5. The van der Waals surface area contributed by atoms with Crippen molar-refractivity contribution in [1.29, 1.82) is 0 Å². The molecule has 0 bridgehead atoms. The lowest BCUT2D eigenvalue weighted by molar-refractivity contribution is -0.128. The van der Waals surface area contributed by atoms with Crippen LogP contribution < -0.4 is 10.5 Å². The number of ether oxygens (including phenoxy) is 1. The summed E-state index contributed by atoms with van der Waals surface area (Å²) in [6, 6.07) is 8.79. The summed E-state index contributed by atoms with van der Waals surface area (Å²) in [6.07, 6.45) is 9.82. The smallest absolute Gasteiger partial charge is 0.410 e. The van der Waals surface area contributed by atoms with E-state index >= 15 is 0 Å². The number of carbonyl (C=O) groups is 2. The molecule has 1 atom stereocenters. The lowest BCUT2D eigenvalue weighted by atomic mass is 9.85. The average molecular weight is 532 g/mol. The van der Waals surface area contributed by atoms with Gasteiger partial charge in [-0.15, -0.1) is 0 Å². The molecule has 2 amide bonds. The van der Waals surface area contributed by atoms with Crippen LogP contribution in [0.1, 0.15) is 76.5 Å². The fraction of sp³-hybridized carbons (Fsp3) is 0.500. The number of hydrogen-bond acceptors (Lipinski definition) is 6. The number of benzene rings is 1. The van der Waals surface area contributed by atoms with Crippen molar-refractivity contribution in [3.63, 3.8) is 0 Å². The van der Waals surface area contributed by atoms with Crippen molar-refractivity contribution in [2.24, 2.45) is 7.05 Å². The number of anilines is 1. The third-order valence-corrected chi connectivity index (χ3v) is 7.68. The molecule has 2 fully saturated rings. The minimum absolute atomic E-state index is 0.202. The van der Waals surface area contributed by atoms with Gasteiger partial charge in [-0.25, -0.2) is 9.48 Å². The highest BCUT2D eigenvalue weighted by Gasteiger charge is 2.42. The van der Waals surface area contributed by atoms with Crippen molar-refractivity contribution < 1.29 is 14.3 Å². The van der Waals surface area contributed by atoms with Gasteiger partial charge >= 0.3 is 6.09 Å². The standard InChI is InChI=1S/C30H37N5O4/c1-30(2,3)39-29(38)34-15-14-26(34)28(37)35(24-12-13-25-22(16-24)18-32-33(4)27(25)36)19-23-11-10-21(17-31-23)20-8-6-5-7-9-20/h10-13,16-18,20,26H,5-9,14-15,19H2,1-4H3/t26-/m1/s1. The van der Waals surface area contributed by atoms with Crippen molar-refractivity contribution in [3.8, 4) is 0 Å². The lowest BCUT2D eigenvalue weighted by Gasteiger charge is -2.42. The van der Waals surface area contributed by atoms with Crippen molar-refractivity contribution in [3.05, 3.63) is 64.3 Å². The van der Waals surface area contributed by atoms with E-state index in [1.54, 1.807) is 36.3 Å². The normalized spacial score (nSPS) is 18.1. The quantitative estimate of drug-likeness (QED) is 0.464. The Bertz CT molecular complexity index is 1420. The highest BCUT2D eigenvalue weighted by atomic mass is 16.6. The summed E-state index contributed by atoms with van der Waals surface area (Å²) in [5.41, 5.74) is 1.78. The molecule has 0 N–H and O–H groups in total. The van der Waals surface area contributed by atoms with Crippen molar-refractivity contribution in [2.75, 3.05) is 11.4 Å². The van der Waals surface area contributed by atoms with E-state index in [0.29, 0.717) is 35.3 Å². The second kappa shape index (κ2) is 10.8. The predicted octanol–water partition coefficient (Wildman–Crippen LogP) is 4.92. The first-order valence-corrected chi connectivity index (χ1v) is 13.8. The third-order valence-electron chi connectivity index (χ3n) is 7.68. The maximum Gasteiger partial charge on any atom is 0.410 e. The topological polar surface area (TPSA) is 97.6 Å². The van der Waals surface area contributed by atoms with E-state index in [4.69, 9.17) is 9.72 Å². The third kappa shape index (κ3) is 5.82. The summed E-state index contributed by atoms with van der Waals surface area (Å²) in [4.78, 5) is 47.1. The van der Waals surface area contributed by atoms with Crippen LogP contribution >= 0.6 is 0 Å². The molecular weight excluding hydrogens is 494 g/mol. The number of carbonyl (C=O) groups excluding carboxylic acids is 2. The SMILES string of the molecule is Cn1ncc2cc(N(Cc3ccc(C4CCCCC4)cn3)C(=O)[C@H]3CCN3C(=O)OC(C)(C)C)ccc2c1=O. The van der Waals surface area contributed by atoms with Crippen LogP contribution in [-0.4, -0.2) is 49.9 Å². The van der Waals surface area contributed by atoms with Gasteiger partial charge in [-0.05, 0) is 75.8 Å². The van der Waals surface area contributed by atoms with Crippen molar-refractivity contribution in [2.45, 2.75) is 83.4 Å². The van der Waals surface area contributed by atoms with Crippen LogP contribution in [0, 0.1) is 0 Å². The van der Waals surface area contributed by atoms with Crippen LogP contribution in [0.4, 0.5) is 10.5 Å². The van der Waals surface area contributed by atoms with E-state index in [1.165, 1.54) is 47.2 Å². The largest absolute Gasteiger partial charge is 0.444 e. The van der Waals surface area contributed by atoms with Crippen molar-refractivity contribution in [1.82, 2.24) is 19.7 Å². The number of aromatic nitrogens is 3. The number of likely N-dealkylation sites (tertiary alicyclic amines) is 1. The number of rotatable bonds is 5. The molecule has 1 aromatic carbocycles. The molecule has 9 nitrogen and oxygen atoms in total. The van der Waals surface area contributed by atoms with Gasteiger partial charge in [0.05, 0.1) is 23.8 Å². The number of pyridine rings is 1. The minimum atomic E-state index is -0.651. The predicted molar refractivity (Wildman–Crippen MR) is 150 cm³/mol. The zero-order valence-corrected chi connectivity index (χ0v) is 23.2. The number of hydrogen-bond donors (Lipinski definition) is 0. The van der Waals surface area contributed by atoms with Gasteiger partial charge in [0.25, 0.3) is 5.56 Å². The molecule has 3 heterocycles. The van der Waals surface area contributed by atoms with Gasteiger partial charge in [0.15, 0.2) is 0 Å². The molecule has 9 heteroatoms. The first kappa shape index (κ1) is 26.8. The maximum absolute atomic E-state index is 13.9. The van der Waals surface area contributed by atoms with E-state index in [9.17, 15) is 14.4 Å². The van der Waals surface area contributed by atoms with Gasteiger partial charge in [-0.1, -0.05) is 25.3 Å². The number of fused-ring (bicyclic) bond motifs is 1. The molecule has 1 aliphatic heterocycles. The van der Waals surface area contributed by atoms with E-state index in [2.05, 4.69) is 11.2 Å². The summed E-state index contributed by atoms with van der Waals surface area (Å²) >= 11 is 0. The second-order valence-electron chi connectivity index (χ2n) is 11.7. The number of aryl methyl sites for hydroxylation is 1. The summed E-state index contributed by atoms with van der Waals surface area (Å²) in [6.45, 7) is 6.13. The van der Waals surface area contributed by atoms with Gasteiger partial charge < -0.3 is 9.64 Å². The molecule has 1 saturated carbocycles. The summed E-state index contributed by atoms with van der Waals surface area (Å²) in [7, 11) is 1.61. The molecule has 0 radical (unpaired) electrons. The van der Waals surface area contributed by atoms with Gasteiger partial charge in [0.1, 0.15) is 11.6 Å². The van der Waals surface area contributed by atoms with Crippen LogP contribution in [0.25, 0.3) is 10.8 Å². The molecule has 1 aliphatic carbocycles. The highest BCUT2D eigenvalue weighted by molar-refractivity contribution is 6.01. The Balaban J connectivity index is 1.44. The van der Waals surface area contributed by atoms with E-state index in [0.717, 1.165) is 5.69 Å². The average Bonchev–Trinajstić information content (AvgIpc) is 2.88. The fourth-order valence-electron chi connectivity index (χ4n) is 5.42. The van der Waals surface area contributed by atoms with Gasteiger partial charge in [0.2, 0.25) is 5.91 Å². The Hall–Kier alpha value is -3.75. The Labute approximate surface area is 228 Å². The second-order valence-corrected chi connectivity index (χ2v) is 11.7. The molecule has 1 saturated heterocycles. The summed E-state index contributed by atoms with van der Waals surface area (Å²) in [5.74, 6) is 0.340. The molecule has 3 aromatic rings. The van der Waals surface area contributed by atoms with Crippen molar-refractivity contribution >= 4 is 28.5 Å². The van der Waals surface area contributed by atoms with Crippen LogP contribution in [0.2, 0.25) is 0 Å². The van der Waals surface area contributed by atoms with Gasteiger partial charge in [0, 0.05) is 30.9 Å². The van der Waals surface area contributed by atoms with Crippen LogP contribution in [0.15, 0.2) is 47.5 Å². The zero-order chi connectivity index (χ0) is 27.7.